The zero-order valence-electron chi connectivity index (χ0n) is 11.7. The molecule has 1 N–H and O–H groups in total. The summed E-state index contributed by atoms with van der Waals surface area (Å²) in [6.07, 6.45) is 4.40. The lowest BCUT2D eigenvalue weighted by molar-refractivity contribution is 0.490. The normalized spacial score (nSPS) is 12.6. The van der Waals surface area contributed by atoms with Crippen molar-refractivity contribution in [3.63, 3.8) is 0 Å². The summed E-state index contributed by atoms with van der Waals surface area (Å²) in [5, 5.41) is 3.35. The molecule has 20 heavy (non-hydrogen) atoms. The second kappa shape index (κ2) is 6.99. The van der Waals surface area contributed by atoms with Crippen molar-refractivity contribution in [1.82, 2.24) is 14.9 Å². The molecule has 0 aliphatic heterocycles. The van der Waals surface area contributed by atoms with Gasteiger partial charge in [0.25, 0.3) is 0 Å². The smallest absolute Gasteiger partial charge is 0.129 e. The molecule has 0 bridgehead atoms. The molecule has 2 rings (SSSR count). The number of hydrogen-bond acceptors (Lipinski definition) is 2. The highest BCUT2D eigenvalue weighted by Gasteiger charge is 2.20. The Hall–Kier alpha value is -1.20. The molecule has 1 atom stereocenters. The van der Waals surface area contributed by atoms with E-state index in [9.17, 15) is 4.39 Å². The van der Waals surface area contributed by atoms with E-state index in [1.54, 1.807) is 12.3 Å². The van der Waals surface area contributed by atoms with E-state index in [-0.39, 0.29) is 11.9 Å². The quantitative estimate of drug-likeness (QED) is 0.869. The summed E-state index contributed by atoms with van der Waals surface area (Å²) in [7, 11) is 0. The average molecular weight is 340 g/mol. The first-order valence-electron chi connectivity index (χ1n) is 6.84. The molecule has 1 unspecified atom stereocenters. The Morgan fingerprint density at radius 3 is 2.85 bits per heavy atom. The van der Waals surface area contributed by atoms with E-state index in [1.807, 2.05) is 19.2 Å². The second-order valence-electron chi connectivity index (χ2n) is 4.58. The molecule has 2 aromatic rings. The van der Waals surface area contributed by atoms with Gasteiger partial charge in [-0.15, -0.1) is 0 Å². The fraction of sp³-hybridized carbons (Fsp3) is 0.400. The molecule has 1 heterocycles. The standard InChI is InChI=1S/C15H19BrFN3/c1-3-18-13(10-14-19-8-9-20(14)4-2)15-11(16)6-5-7-12(15)17/h5-9,13,18H,3-4,10H2,1-2H3. The Morgan fingerprint density at radius 2 is 2.20 bits per heavy atom. The Labute approximate surface area is 127 Å². The van der Waals surface area contributed by atoms with Gasteiger partial charge in [0.1, 0.15) is 11.6 Å². The van der Waals surface area contributed by atoms with Gasteiger partial charge in [-0.1, -0.05) is 28.9 Å². The summed E-state index contributed by atoms with van der Waals surface area (Å²) >= 11 is 3.45. The lowest BCUT2D eigenvalue weighted by Gasteiger charge is -2.20. The molecule has 0 amide bonds. The minimum atomic E-state index is -0.195. The number of aromatic nitrogens is 2. The first kappa shape index (κ1) is 15.2. The fourth-order valence-electron chi connectivity index (χ4n) is 2.37. The SMILES string of the molecule is CCNC(Cc1nccn1CC)c1c(F)cccc1Br. The van der Waals surface area contributed by atoms with Crippen LogP contribution in [-0.4, -0.2) is 16.1 Å². The number of rotatable bonds is 6. The number of imidazole rings is 1. The molecular weight excluding hydrogens is 321 g/mol. The van der Waals surface area contributed by atoms with E-state index in [2.05, 4.69) is 37.7 Å². The van der Waals surface area contributed by atoms with Crippen LogP contribution in [0.2, 0.25) is 0 Å². The summed E-state index contributed by atoms with van der Waals surface area (Å²) in [5.41, 5.74) is 0.667. The van der Waals surface area contributed by atoms with Crippen molar-refractivity contribution in [2.45, 2.75) is 32.9 Å². The molecule has 1 aromatic carbocycles. The molecule has 5 heteroatoms. The molecule has 0 spiro atoms. The second-order valence-corrected chi connectivity index (χ2v) is 5.43. The molecule has 0 saturated heterocycles. The third-order valence-corrected chi connectivity index (χ3v) is 4.02. The molecule has 1 aromatic heterocycles. The van der Waals surface area contributed by atoms with Gasteiger partial charge in [-0.25, -0.2) is 9.37 Å². The zero-order valence-corrected chi connectivity index (χ0v) is 13.3. The highest BCUT2D eigenvalue weighted by atomic mass is 79.9. The average Bonchev–Trinajstić information content (AvgIpc) is 2.86. The Bertz CT molecular complexity index is 548. The van der Waals surface area contributed by atoms with Crippen molar-refractivity contribution in [3.8, 4) is 0 Å². The van der Waals surface area contributed by atoms with Crippen LogP contribution in [-0.2, 0) is 13.0 Å². The van der Waals surface area contributed by atoms with E-state index >= 15 is 0 Å². The van der Waals surface area contributed by atoms with Gasteiger partial charge in [0, 0.05) is 41.4 Å². The molecule has 108 valence electrons. The summed E-state index contributed by atoms with van der Waals surface area (Å²) < 4.78 is 17.0. The Balaban J connectivity index is 2.32. The van der Waals surface area contributed by atoms with Gasteiger partial charge in [0.05, 0.1) is 0 Å². The fourth-order valence-corrected chi connectivity index (χ4v) is 2.99. The maximum atomic E-state index is 14.1. The highest BCUT2D eigenvalue weighted by molar-refractivity contribution is 9.10. The maximum absolute atomic E-state index is 14.1. The predicted molar refractivity (Wildman–Crippen MR) is 82.1 cm³/mol. The van der Waals surface area contributed by atoms with Crippen LogP contribution in [0.15, 0.2) is 35.1 Å². The number of nitrogens with zero attached hydrogens (tertiary/aromatic N) is 2. The van der Waals surface area contributed by atoms with Crippen molar-refractivity contribution in [1.29, 1.82) is 0 Å². The van der Waals surface area contributed by atoms with Crippen LogP contribution in [0.3, 0.4) is 0 Å². The third-order valence-electron chi connectivity index (χ3n) is 3.33. The number of hydrogen-bond donors (Lipinski definition) is 1. The zero-order chi connectivity index (χ0) is 14.5. The van der Waals surface area contributed by atoms with E-state index in [1.165, 1.54) is 6.07 Å². The van der Waals surface area contributed by atoms with Crippen molar-refractivity contribution in [2.75, 3.05) is 6.54 Å². The van der Waals surface area contributed by atoms with Crippen molar-refractivity contribution in [3.05, 3.63) is 52.3 Å². The van der Waals surface area contributed by atoms with Crippen LogP contribution in [0, 0.1) is 5.82 Å². The molecule has 0 aliphatic carbocycles. The molecule has 0 aliphatic rings. The van der Waals surface area contributed by atoms with Crippen LogP contribution >= 0.6 is 15.9 Å². The van der Waals surface area contributed by atoms with Gasteiger partial charge >= 0.3 is 0 Å². The van der Waals surface area contributed by atoms with E-state index in [0.717, 1.165) is 23.4 Å². The minimum Gasteiger partial charge on any atom is -0.335 e. The molecular formula is C15H19BrFN3. The van der Waals surface area contributed by atoms with Crippen molar-refractivity contribution >= 4 is 15.9 Å². The number of aryl methyl sites for hydroxylation is 1. The number of likely N-dealkylation sites (N-methyl/N-ethyl adjacent to an activating group) is 1. The van der Waals surface area contributed by atoms with Gasteiger partial charge in [0.2, 0.25) is 0 Å². The van der Waals surface area contributed by atoms with Crippen LogP contribution in [0.4, 0.5) is 4.39 Å². The van der Waals surface area contributed by atoms with Crippen LogP contribution in [0.5, 0.6) is 0 Å². The van der Waals surface area contributed by atoms with Gasteiger partial charge in [-0.2, -0.15) is 0 Å². The monoisotopic (exact) mass is 339 g/mol. The lowest BCUT2D eigenvalue weighted by atomic mass is 10.0. The highest BCUT2D eigenvalue weighted by Crippen LogP contribution is 2.28. The summed E-state index contributed by atoms with van der Waals surface area (Å²) in [6.45, 7) is 5.74. The predicted octanol–water partition coefficient (Wildman–Crippen LogP) is 3.70. The van der Waals surface area contributed by atoms with Crippen LogP contribution < -0.4 is 5.32 Å². The number of benzene rings is 1. The van der Waals surface area contributed by atoms with Gasteiger partial charge in [-0.05, 0) is 25.6 Å². The largest absolute Gasteiger partial charge is 0.335 e. The Kier molecular flexibility index (Phi) is 5.31. The van der Waals surface area contributed by atoms with Crippen LogP contribution in [0.25, 0.3) is 0 Å². The van der Waals surface area contributed by atoms with Crippen molar-refractivity contribution < 1.29 is 4.39 Å². The van der Waals surface area contributed by atoms with E-state index in [0.29, 0.717) is 12.0 Å². The topological polar surface area (TPSA) is 29.9 Å². The number of nitrogens with one attached hydrogen (secondary N) is 1. The first-order chi connectivity index (χ1) is 9.67. The first-order valence-corrected chi connectivity index (χ1v) is 7.64. The van der Waals surface area contributed by atoms with Gasteiger partial charge in [0.15, 0.2) is 0 Å². The molecule has 3 nitrogen and oxygen atoms in total. The summed E-state index contributed by atoms with van der Waals surface area (Å²) in [6, 6.07) is 4.98. The maximum Gasteiger partial charge on any atom is 0.129 e. The summed E-state index contributed by atoms with van der Waals surface area (Å²) in [5.74, 6) is 0.772. The minimum absolute atomic E-state index is 0.0942. The molecule has 0 radical (unpaired) electrons. The van der Waals surface area contributed by atoms with Gasteiger partial charge < -0.3 is 9.88 Å². The van der Waals surface area contributed by atoms with Gasteiger partial charge in [-0.3, -0.25) is 0 Å². The van der Waals surface area contributed by atoms with E-state index in [4.69, 9.17) is 0 Å². The summed E-state index contributed by atoms with van der Waals surface area (Å²) in [4.78, 5) is 4.38. The van der Waals surface area contributed by atoms with Crippen LogP contribution in [0.1, 0.15) is 31.3 Å². The molecule has 0 saturated carbocycles. The van der Waals surface area contributed by atoms with E-state index < -0.39 is 0 Å². The molecule has 0 fully saturated rings. The van der Waals surface area contributed by atoms with Crippen molar-refractivity contribution in [2.24, 2.45) is 0 Å². The lowest BCUT2D eigenvalue weighted by Crippen LogP contribution is -2.25. The number of halogens is 2. The third kappa shape index (κ3) is 3.27. The Morgan fingerprint density at radius 1 is 1.40 bits per heavy atom.